The molecule has 0 amide bonds. The number of hydrogen-bond acceptors (Lipinski definition) is 6. The van der Waals surface area contributed by atoms with Crippen LogP contribution in [0.3, 0.4) is 0 Å². The highest BCUT2D eigenvalue weighted by molar-refractivity contribution is 5.28. The van der Waals surface area contributed by atoms with Gasteiger partial charge in [-0.15, -0.1) is 0 Å². The minimum Gasteiger partial charge on any atom is -0.491 e. The third-order valence-corrected chi connectivity index (χ3v) is 4.25. The summed E-state index contributed by atoms with van der Waals surface area (Å²) < 4.78 is 11.4. The maximum atomic E-state index is 8.86. The molecule has 1 aliphatic heterocycles. The minimum absolute atomic E-state index is 0.0295. The van der Waals surface area contributed by atoms with Gasteiger partial charge in [-0.1, -0.05) is 12.1 Å². The molecule has 3 rings (SSSR count). The molecule has 1 atom stereocenters. The summed E-state index contributed by atoms with van der Waals surface area (Å²) in [6, 6.07) is 10.0. The van der Waals surface area contributed by atoms with E-state index < -0.39 is 0 Å². The molecule has 1 aromatic heterocycles. The molecule has 0 spiro atoms. The second-order valence-corrected chi connectivity index (χ2v) is 6.19. The number of rotatable bonds is 8. The lowest BCUT2D eigenvalue weighted by Gasteiger charge is -2.33. The number of aliphatic hydroxyl groups excluding tert-OH is 1. The van der Waals surface area contributed by atoms with Crippen molar-refractivity contribution in [3.8, 4) is 5.75 Å². The molecule has 1 fully saturated rings. The standard InChI is InChI=1S/C19H25N3O3/c23-9-11-25-18-3-1-2-16(12-18)13-22-8-10-24-19(14-22)5-4-17-6-7-20-15-21-17/h1-3,6-7,12,15,19,23H,4-5,8-11,13-14H2. The van der Waals surface area contributed by atoms with Crippen molar-refractivity contribution in [2.75, 3.05) is 32.9 Å². The molecule has 2 aromatic rings. The fraction of sp³-hybridized carbons (Fsp3) is 0.474. The van der Waals surface area contributed by atoms with Gasteiger partial charge in [0, 0.05) is 31.5 Å². The Balaban J connectivity index is 1.49. The third kappa shape index (κ3) is 5.77. The molecule has 0 saturated carbocycles. The Morgan fingerprint density at radius 2 is 2.28 bits per heavy atom. The van der Waals surface area contributed by atoms with Crippen LogP contribution in [0.1, 0.15) is 17.7 Å². The second kappa shape index (κ2) is 9.46. The van der Waals surface area contributed by atoms with Crippen molar-refractivity contribution in [1.82, 2.24) is 14.9 Å². The van der Waals surface area contributed by atoms with Crippen LogP contribution in [0.5, 0.6) is 5.75 Å². The van der Waals surface area contributed by atoms with Crippen LogP contribution in [0.4, 0.5) is 0 Å². The number of aliphatic hydroxyl groups is 1. The highest BCUT2D eigenvalue weighted by Crippen LogP contribution is 2.18. The lowest BCUT2D eigenvalue weighted by molar-refractivity contribution is -0.0346. The molecule has 1 aliphatic rings. The SMILES string of the molecule is OCCOc1cccc(CN2CCOC(CCc3ccncn3)C2)c1. The molecular formula is C19H25N3O3. The lowest BCUT2D eigenvalue weighted by atomic mass is 10.1. The highest BCUT2D eigenvalue weighted by atomic mass is 16.5. The van der Waals surface area contributed by atoms with E-state index in [9.17, 15) is 0 Å². The van der Waals surface area contributed by atoms with E-state index in [1.807, 2.05) is 24.3 Å². The van der Waals surface area contributed by atoms with Gasteiger partial charge < -0.3 is 14.6 Å². The van der Waals surface area contributed by atoms with Crippen LogP contribution in [-0.2, 0) is 17.7 Å². The summed E-state index contributed by atoms with van der Waals surface area (Å²) >= 11 is 0. The highest BCUT2D eigenvalue weighted by Gasteiger charge is 2.20. The van der Waals surface area contributed by atoms with Gasteiger partial charge in [0.05, 0.1) is 19.3 Å². The smallest absolute Gasteiger partial charge is 0.119 e. The summed E-state index contributed by atoms with van der Waals surface area (Å²) in [5, 5.41) is 8.86. The van der Waals surface area contributed by atoms with E-state index >= 15 is 0 Å². The van der Waals surface area contributed by atoms with Crippen molar-refractivity contribution in [2.24, 2.45) is 0 Å². The zero-order valence-corrected chi connectivity index (χ0v) is 14.4. The van der Waals surface area contributed by atoms with Gasteiger partial charge in [-0.05, 0) is 36.6 Å². The largest absolute Gasteiger partial charge is 0.491 e. The molecule has 0 bridgehead atoms. The van der Waals surface area contributed by atoms with Crippen LogP contribution >= 0.6 is 0 Å². The molecule has 6 heteroatoms. The van der Waals surface area contributed by atoms with Crippen LogP contribution in [0, 0.1) is 0 Å². The summed E-state index contributed by atoms with van der Waals surface area (Å²) in [5.74, 6) is 0.806. The van der Waals surface area contributed by atoms with Gasteiger partial charge in [0.2, 0.25) is 0 Å². The summed E-state index contributed by atoms with van der Waals surface area (Å²) in [6.45, 7) is 3.85. The average molecular weight is 343 g/mol. The predicted octanol–water partition coefficient (Wildman–Crippen LogP) is 1.68. The van der Waals surface area contributed by atoms with Gasteiger partial charge in [0.1, 0.15) is 18.7 Å². The molecule has 6 nitrogen and oxygen atoms in total. The molecule has 2 heterocycles. The van der Waals surface area contributed by atoms with Crippen molar-refractivity contribution in [3.05, 3.63) is 54.1 Å². The van der Waals surface area contributed by atoms with Gasteiger partial charge in [-0.25, -0.2) is 9.97 Å². The minimum atomic E-state index is 0.0295. The summed E-state index contributed by atoms with van der Waals surface area (Å²) in [6.07, 6.45) is 5.48. The maximum Gasteiger partial charge on any atom is 0.119 e. The topological polar surface area (TPSA) is 67.7 Å². The summed E-state index contributed by atoms with van der Waals surface area (Å²) in [5.41, 5.74) is 2.27. The van der Waals surface area contributed by atoms with Crippen molar-refractivity contribution in [3.63, 3.8) is 0 Å². The van der Waals surface area contributed by atoms with E-state index in [-0.39, 0.29) is 12.7 Å². The Hall–Kier alpha value is -2.02. The van der Waals surface area contributed by atoms with Crippen molar-refractivity contribution >= 4 is 0 Å². The number of ether oxygens (including phenoxy) is 2. The van der Waals surface area contributed by atoms with E-state index in [4.69, 9.17) is 14.6 Å². The Morgan fingerprint density at radius 3 is 3.12 bits per heavy atom. The fourth-order valence-corrected chi connectivity index (χ4v) is 3.03. The monoisotopic (exact) mass is 343 g/mol. The van der Waals surface area contributed by atoms with Gasteiger partial charge in [-0.3, -0.25) is 4.90 Å². The Morgan fingerprint density at radius 1 is 1.32 bits per heavy atom. The molecule has 25 heavy (non-hydrogen) atoms. The van der Waals surface area contributed by atoms with Gasteiger partial charge in [0.25, 0.3) is 0 Å². The van der Waals surface area contributed by atoms with E-state index in [1.165, 1.54) is 5.56 Å². The Kier molecular flexibility index (Phi) is 6.73. The predicted molar refractivity (Wildman–Crippen MR) is 94.4 cm³/mol. The molecule has 1 unspecified atom stereocenters. The normalized spacial score (nSPS) is 18.2. The zero-order valence-electron chi connectivity index (χ0n) is 14.4. The fourth-order valence-electron chi connectivity index (χ4n) is 3.03. The van der Waals surface area contributed by atoms with Crippen LogP contribution in [0.2, 0.25) is 0 Å². The van der Waals surface area contributed by atoms with Crippen molar-refractivity contribution in [2.45, 2.75) is 25.5 Å². The Bertz CT molecular complexity index is 639. The molecular weight excluding hydrogens is 318 g/mol. The third-order valence-electron chi connectivity index (χ3n) is 4.25. The number of aryl methyl sites for hydroxylation is 1. The van der Waals surface area contributed by atoms with E-state index in [1.54, 1.807) is 12.5 Å². The molecule has 0 aliphatic carbocycles. The van der Waals surface area contributed by atoms with Crippen molar-refractivity contribution in [1.29, 1.82) is 0 Å². The first-order valence-electron chi connectivity index (χ1n) is 8.75. The number of morpholine rings is 1. The molecule has 134 valence electrons. The number of hydrogen-bond donors (Lipinski definition) is 1. The van der Waals surface area contributed by atoms with E-state index in [0.29, 0.717) is 6.61 Å². The molecule has 1 saturated heterocycles. The van der Waals surface area contributed by atoms with Crippen LogP contribution < -0.4 is 4.74 Å². The number of nitrogens with zero attached hydrogens (tertiary/aromatic N) is 3. The first kappa shape index (κ1) is 17.8. The number of benzene rings is 1. The van der Waals surface area contributed by atoms with E-state index in [2.05, 4.69) is 20.9 Å². The Labute approximate surface area is 148 Å². The van der Waals surface area contributed by atoms with Crippen LogP contribution in [-0.4, -0.2) is 59.0 Å². The summed E-state index contributed by atoms with van der Waals surface area (Å²) in [4.78, 5) is 10.6. The van der Waals surface area contributed by atoms with Gasteiger partial charge in [-0.2, -0.15) is 0 Å². The maximum absolute atomic E-state index is 8.86. The first-order valence-corrected chi connectivity index (χ1v) is 8.75. The van der Waals surface area contributed by atoms with E-state index in [0.717, 1.165) is 50.5 Å². The molecule has 0 radical (unpaired) electrons. The second-order valence-electron chi connectivity index (χ2n) is 6.19. The lowest BCUT2D eigenvalue weighted by Crippen LogP contribution is -2.42. The first-order chi connectivity index (χ1) is 12.3. The number of aromatic nitrogens is 2. The van der Waals surface area contributed by atoms with Gasteiger partial charge >= 0.3 is 0 Å². The van der Waals surface area contributed by atoms with Crippen LogP contribution in [0.25, 0.3) is 0 Å². The average Bonchev–Trinajstić information content (AvgIpc) is 2.66. The molecule has 1 N–H and O–H groups in total. The zero-order chi connectivity index (χ0) is 17.3. The summed E-state index contributed by atoms with van der Waals surface area (Å²) in [7, 11) is 0. The quantitative estimate of drug-likeness (QED) is 0.787. The molecule has 1 aromatic carbocycles. The van der Waals surface area contributed by atoms with Crippen molar-refractivity contribution < 1.29 is 14.6 Å². The van der Waals surface area contributed by atoms with Gasteiger partial charge in [0.15, 0.2) is 0 Å². The van der Waals surface area contributed by atoms with Crippen LogP contribution in [0.15, 0.2) is 42.9 Å².